The quantitative estimate of drug-likeness (QED) is 0.938. The Morgan fingerprint density at radius 1 is 1.50 bits per heavy atom. The lowest BCUT2D eigenvalue weighted by Gasteiger charge is -2.04. The summed E-state index contributed by atoms with van der Waals surface area (Å²) in [5.74, 6) is 0.985. The second kappa shape index (κ2) is 5.49. The summed E-state index contributed by atoms with van der Waals surface area (Å²) in [4.78, 5) is 4.24. The Labute approximate surface area is 113 Å². The molecule has 0 amide bonds. The zero-order chi connectivity index (χ0) is 13.1. The number of nitrogens with zero attached hydrogens (tertiary/aromatic N) is 2. The molecule has 0 aliphatic carbocycles. The molecule has 6 heteroatoms. The van der Waals surface area contributed by atoms with Crippen LogP contribution in [0.3, 0.4) is 0 Å². The highest BCUT2D eigenvalue weighted by molar-refractivity contribution is 9.10. The van der Waals surface area contributed by atoms with Crippen LogP contribution in [0, 0.1) is 0 Å². The fourth-order valence-corrected chi connectivity index (χ4v) is 1.73. The van der Waals surface area contributed by atoms with E-state index >= 15 is 0 Å². The van der Waals surface area contributed by atoms with E-state index in [-0.39, 0.29) is 11.9 Å². The van der Waals surface area contributed by atoms with Crippen LogP contribution in [0.15, 0.2) is 27.2 Å². The van der Waals surface area contributed by atoms with Gasteiger partial charge in [0.25, 0.3) is 5.89 Å². The van der Waals surface area contributed by atoms with E-state index in [9.17, 15) is 5.11 Å². The normalized spacial score (nSPS) is 12.6. The number of hydrogen-bond donors (Lipinski definition) is 1. The zero-order valence-electron chi connectivity index (χ0n) is 10.1. The van der Waals surface area contributed by atoms with Crippen molar-refractivity contribution < 1.29 is 14.4 Å². The minimum absolute atomic E-state index is 0.130. The number of aromatic hydroxyl groups is 1. The summed E-state index contributed by atoms with van der Waals surface area (Å²) < 4.78 is 11.1. The van der Waals surface area contributed by atoms with Gasteiger partial charge in [0.15, 0.2) is 0 Å². The van der Waals surface area contributed by atoms with Gasteiger partial charge in [-0.05, 0) is 48.0 Å². The summed E-state index contributed by atoms with van der Waals surface area (Å²) in [6.07, 6.45) is -0.212. The van der Waals surface area contributed by atoms with Crippen molar-refractivity contribution in [2.24, 2.45) is 0 Å². The SMILES string of the molecule is CCOC(C)c1noc(-c2ccc(Br)c(O)c2)n1. The van der Waals surface area contributed by atoms with Gasteiger partial charge < -0.3 is 14.4 Å². The first-order valence-corrected chi connectivity index (χ1v) is 6.35. The standard InChI is InChI=1S/C12H13BrN2O3/c1-3-17-7(2)11-14-12(18-15-11)8-4-5-9(13)10(16)6-8/h4-7,16H,3H2,1-2H3. The number of aromatic nitrogens is 2. The molecule has 18 heavy (non-hydrogen) atoms. The summed E-state index contributed by atoms with van der Waals surface area (Å²) in [6, 6.07) is 5.07. The molecule has 1 atom stereocenters. The minimum atomic E-state index is -0.212. The lowest BCUT2D eigenvalue weighted by molar-refractivity contribution is 0.0683. The number of halogens is 1. The molecule has 0 bridgehead atoms. The molecule has 5 nitrogen and oxygen atoms in total. The summed E-state index contributed by atoms with van der Waals surface area (Å²) in [7, 11) is 0. The number of rotatable bonds is 4. The predicted octanol–water partition coefficient (Wildman–Crippen LogP) is 3.30. The maximum Gasteiger partial charge on any atom is 0.258 e. The van der Waals surface area contributed by atoms with Crippen molar-refractivity contribution in [3.63, 3.8) is 0 Å². The van der Waals surface area contributed by atoms with E-state index in [1.807, 2.05) is 13.8 Å². The highest BCUT2D eigenvalue weighted by atomic mass is 79.9. The van der Waals surface area contributed by atoms with Crippen LogP contribution in [0.4, 0.5) is 0 Å². The first kappa shape index (κ1) is 13.0. The molecule has 0 aliphatic heterocycles. The Bertz CT molecular complexity index is 542. The van der Waals surface area contributed by atoms with E-state index in [4.69, 9.17) is 9.26 Å². The summed E-state index contributed by atoms with van der Waals surface area (Å²) in [5.41, 5.74) is 0.665. The maximum atomic E-state index is 9.60. The van der Waals surface area contributed by atoms with Crippen LogP contribution < -0.4 is 0 Å². The van der Waals surface area contributed by atoms with Crippen LogP contribution in [0.2, 0.25) is 0 Å². The van der Waals surface area contributed by atoms with Crippen molar-refractivity contribution in [3.05, 3.63) is 28.5 Å². The second-order valence-electron chi connectivity index (χ2n) is 3.72. The molecule has 0 saturated heterocycles. The summed E-state index contributed by atoms with van der Waals surface area (Å²) in [5, 5.41) is 13.5. The maximum absolute atomic E-state index is 9.60. The highest BCUT2D eigenvalue weighted by Crippen LogP contribution is 2.29. The van der Waals surface area contributed by atoms with Crippen molar-refractivity contribution in [1.82, 2.24) is 10.1 Å². The lowest BCUT2D eigenvalue weighted by atomic mass is 10.2. The van der Waals surface area contributed by atoms with Crippen LogP contribution >= 0.6 is 15.9 Å². The molecule has 0 aliphatic rings. The van der Waals surface area contributed by atoms with Crippen LogP contribution in [0.25, 0.3) is 11.5 Å². The number of hydrogen-bond acceptors (Lipinski definition) is 5. The van der Waals surface area contributed by atoms with E-state index in [2.05, 4.69) is 26.1 Å². The Balaban J connectivity index is 2.26. The Morgan fingerprint density at radius 2 is 2.28 bits per heavy atom. The van der Waals surface area contributed by atoms with Gasteiger partial charge in [-0.3, -0.25) is 0 Å². The van der Waals surface area contributed by atoms with Crippen LogP contribution in [-0.2, 0) is 4.74 Å². The minimum Gasteiger partial charge on any atom is -0.507 e. The third-order valence-corrected chi connectivity index (χ3v) is 3.09. The number of benzene rings is 1. The molecule has 0 spiro atoms. The molecule has 0 radical (unpaired) electrons. The van der Waals surface area contributed by atoms with Crippen LogP contribution in [0.1, 0.15) is 25.8 Å². The van der Waals surface area contributed by atoms with Gasteiger partial charge in [0.2, 0.25) is 5.82 Å². The molecule has 1 unspecified atom stereocenters. The van der Waals surface area contributed by atoms with E-state index in [0.29, 0.717) is 28.4 Å². The van der Waals surface area contributed by atoms with Gasteiger partial charge >= 0.3 is 0 Å². The zero-order valence-corrected chi connectivity index (χ0v) is 11.6. The van der Waals surface area contributed by atoms with Gasteiger partial charge in [0, 0.05) is 12.2 Å². The van der Waals surface area contributed by atoms with E-state index in [0.717, 1.165) is 0 Å². The number of ether oxygens (including phenoxy) is 1. The number of phenolic OH excluding ortho intramolecular Hbond substituents is 1. The Kier molecular flexibility index (Phi) is 3.98. The predicted molar refractivity (Wildman–Crippen MR) is 69.1 cm³/mol. The molecule has 1 heterocycles. The molecule has 96 valence electrons. The van der Waals surface area contributed by atoms with Gasteiger partial charge in [-0.1, -0.05) is 5.16 Å². The van der Waals surface area contributed by atoms with Gasteiger partial charge in [0.05, 0.1) is 4.47 Å². The molecule has 1 aromatic carbocycles. The van der Waals surface area contributed by atoms with E-state index < -0.39 is 0 Å². The van der Waals surface area contributed by atoms with Gasteiger partial charge in [-0.2, -0.15) is 4.98 Å². The van der Waals surface area contributed by atoms with E-state index in [1.54, 1.807) is 18.2 Å². The van der Waals surface area contributed by atoms with Crippen molar-refractivity contribution in [2.75, 3.05) is 6.61 Å². The Hall–Kier alpha value is -1.40. The van der Waals surface area contributed by atoms with Crippen molar-refractivity contribution in [1.29, 1.82) is 0 Å². The fourth-order valence-electron chi connectivity index (χ4n) is 1.49. The van der Waals surface area contributed by atoms with Crippen molar-refractivity contribution >= 4 is 15.9 Å². The molecular formula is C12H13BrN2O3. The van der Waals surface area contributed by atoms with Crippen LogP contribution in [-0.4, -0.2) is 21.9 Å². The largest absolute Gasteiger partial charge is 0.507 e. The van der Waals surface area contributed by atoms with Crippen molar-refractivity contribution in [2.45, 2.75) is 20.0 Å². The molecule has 0 saturated carbocycles. The summed E-state index contributed by atoms with van der Waals surface area (Å²) in [6.45, 7) is 4.35. The average Bonchev–Trinajstić information content (AvgIpc) is 2.82. The summed E-state index contributed by atoms with van der Waals surface area (Å²) >= 11 is 3.21. The Morgan fingerprint density at radius 3 is 2.94 bits per heavy atom. The lowest BCUT2D eigenvalue weighted by Crippen LogP contribution is -2.01. The second-order valence-corrected chi connectivity index (χ2v) is 4.58. The van der Waals surface area contributed by atoms with Gasteiger partial charge in [-0.25, -0.2) is 0 Å². The van der Waals surface area contributed by atoms with Gasteiger partial charge in [-0.15, -0.1) is 0 Å². The molecule has 2 rings (SSSR count). The monoisotopic (exact) mass is 312 g/mol. The average molecular weight is 313 g/mol. The molecule has 1 N–H and O–H groups in total. The first-order chi connectivity index (χ1) is 8.61. The van der Waals surface area contributed by atoms with Crippen molar-refractivity contribution in [3.8, 4) is 17.2 Å². The third kappa shape index (κ3) is 2.70. The molecule has 0 fully saturated rings. The van der Waals surface area contributed by atoms with Gasteiger partial charge in [0.1, 0.15) is 11.9 Å². The smallest absolute Gasteiger partial charge is 0.258 e. The van der Waals surface area contributed by atoms with E-state index in [1.165, 1.54) is 0 Å². The highest BCUT2D eigenvalue weighted by Gasteiger charge is 2.15. The third-order valence-electron chi connectivity index (χ3n) is 2.42. The number of phenols is 1. The fraction of sp³-hybridized carbons (Fsp3) is 0.333. The molecular weight excluding hydrogens is 300 g/mol. The molecule has 2 aromatic rings. The molecule has 1 aromatic heterocycles. The van der Waals surface area contributed by atoms with Crippen LogP contribution in [0.5, 0.6) is 5.75 Å². The topological polar surface area (TPSA) is 68.4 Å². The first-order valence-electron chi connectivity index (χ1n) is 5.56.